The maximum absolute atomic E-state index is 12.8. The highest BCUT2D eigenvalue weighted by molar-refractivity contribution is 7.47. The molecule has 0 saturated carbocycles. The van der Waals surface area contributed by atoms with E-state index in [2.05, 4.69) is 25.3 Å². The molecule has 1 fully saturated rings. The van der Waals surface area contributed by atoms with Gasteiger partial charge in [0.1, 0.15) is 12.7 Å². The van der Waals surface area contributed by atoms with Crippen LogP contribution in [0.2, 0.25) is 0 Å². The summed E-state index contributed by atoms with van der Waals surface area (Å²) < 4.78 is 53.6. The van der Waals surface area contributed by atoms with Crippen LogP contribution in [0, 0.1) is 11.8 Å². The lowest BCUT2D eigenvalue weighted by Crippen LogP contribution is -2.43. The number of allylic oxidation sites excluding steroid dienone is 2. The van der Waals surface area contributed by atoms with E-state index in [0.29, 0.717) is 32.1 Å². The Kier molecular flexibility index (Phi) is 37.0. The molecule has 0 aromatic carbocycles. The third-order valence-electron chi connectivity index (χ3n) is 11.6. The van der Waals surface area contributed by atoms with Crippen LogP contribution in [-0.2, 0) is 46.5 Å². The summed E-state index contributed by atoms with van der Waals surface area (Å²) in [4.78, 5) is 53.1. The molecule has 1 rings (SSSR count). The van der Waals surface area contributed by atoms with Crippen molar-refractivity contribution >= 4 is 27.6 Å². The van der Waals surface area contributed by atoms with E-state index in [9.17, 15) is 44.0 Å². The third kappa shape index (κ3) is 37.9. The molecule has 8 atom stereocenters. The molecule has 1 heterocycles. The zero-order valence-corrected chi connectivity index (χ0v) is 42.7. The zero-order valence-electron chi connectivity index (χ0n) is 41.0. The Morgan fingerprint density at radius 1 is 0.672 bits per heavy atom. The molecule has 7 N–H and O–H groups in total. The Balaban J connectivity index is 2.51. The predicted molar refractivity (Wildman–Crippen MR) is 256 cm³/mol. The molecule has 0 amide bonds. The van der Waals surface area contributed by atoms with Gasteiger partial charge in [-0.3, -0.25) is 23.2 Å². The van der Waals surface area contributed by atoms with Crippen molar-refractivity contribution < 1.29 is 81.6 Å². The van der Waals surface area contributed by atoms with E-state index >= 15 is 0 Å². The molecule has 0 aromatic heterocycles. The summed E-state index contributed by atoms with van der Waals surface area (Å²) in [6.07, 6.45) is 26.4. The van der Waals surface area contributed by atoms with Crippen LogP contribution in [0.25, 0.3) is 0 Å². The van der Waals surface area contributed by atoms with E-state index in [1.165, 1.54) is 83.5 Å². The second-order valence-corrected chi connectivity index (χ2v) is 21.1. The first kappa shape index (κ1) is 63.5. The van der Waals surface area contributed by atoms with Crippen molar-refractivity contribution in [2.75, 3.05) is 26.4 Å². The molecule has 19 heteroatoms. The number of aliphatic hydroxyl groups excluding tert-OH is 4. The second kappa shape index (κ2) is 39.1. The highest BCUT2D eigenvalue weighted by atomic mass is 31.2. The lowest BCUT2D eigenvalue weighted by molar-refractivity contribution is -0.199. The number of hydrogen-bond donors (Lipinski definition) is 7. The van der Waals surface area contributed by atoms with E-state index < -0.39 is 90.8 Å². The van der Waals surface area contributed by atoms with Crippen LogP contribution in [0.1, 0.15) is 194 Å². The smallest absolute Gasteiger partial charge is 0.462 e. The largest absolute Gasteiger partial charge is 0.472 e. The van der Waals surface area contributed by atoms with Gasteiger partial charge < -0.3 is 49.3 Å². The molecule has 1 saturated heterocycles. The fourth-order valence-electron chi connectivity index (χ4n) is 7.63. The van der Waals surface area contributed by atoms with Gasteiger partial charge in [0, 0.05) is 25.2 Å². The third-order valence-corrected chi connectivity index (χ3v) is 13.0. The standard InChI is InChI=1S/C48H90O17P2/c1-4-5-22-28-40(49)32-33-45-43(44(51)34-48(54)65-45)29-24-20-21-26-31-47(53)64-42(38-63-67(58,59)62-36-41(50)35-61-66(55,56)57)37-60-46(52)30-25-19-17-15-13-11-9-7-6-8-10-12-14-16-18-23-27-39(2)3/h20,24,32-33,39-45,48-51,54H,4-19,21-23,25-31,34-38H2,1-3H3,(H,58,59)(H2,55,56,57)/b24-20-,33-32+/t40-,41-,42+,43-,44-,45+,48?/m0/s1. The minimum absolute atomic E-state index is 0.0570. The molecule has 2 unspecified atom stereocenters. The monoisotopic (exact) mass is 1000 g/mol. The topological polar surface area (TPSA) is 265 Å². The summed E-state index contributed by atoms with van der Waals surface area (Å²) in [7, 11) is -9.79. The van der Waals surface area contributed by atoms with Crippen LogP contribution in [-0.4, -0.2) is 110 Å². The number of rotatable bonds is 43. The highest BCUT2D eigenvalue weighted by Crippen LogP contribution is 2.44. The van der Waals surface area contributed by atoms with Gasteiger partial charge >= 0.3 is 27.6 Å². The molecule has 0 aromatic rings. The first-order valence-electron chi connectivity index (χ1n) is 25.3. The summed E-state index contributed by atoms with van der Waals surface area (Å²) in [5.74, 6) is -0.774. The molecule has 67 heavy (non-hydrogen) atoms. The first-order chi connectivity index (χ1) is 31.9. The number of ether oxygens (including phenoxy) is 3. The van der Waals surface area contributed by atoms with Crippen molar-refractivity contribution in [3.63, 3.8) is 0 Å². The van der Waals surface area contributed by atoms with Crippen molar-refractivity contribution in [2.45, 2.75) is 231 Å². The molecular formula is C48H90O17P2. The molecular weight excluding hydrogens is 910 g/mol. The number of carbonyl (C=O) groups excluding carboxylic acids is 2. The van der Waals surface area contributed by atoms with Gasteiger partial charge in [0.15, 0.2) is 12.4 Å². The summed E-state index contributed by atoms with van der Waals surface area (Å²) in [5.41, 5.74) is 0. The van der Waals surface area contributed by atoms with Crippen molar-refractivity contribution in [1.29, 1.82) is 0 Å². The quantitative estimate of drug-likeness (QED) is 0.0130. The molecule has 1 aliphatic heterocycles. The predicted octanol–water partition coefficient (Wildman–Crippen LogP) is 9.42. The number of aliphatic hydroxyl groups is 4. The van der Waals surface area contributed by atoms with Crippen LogP contribution in [0.3, 0.4) is 0 Å². The van der Waals surface area contributed by atoms with Crippen LogP contribution in [0.4, 0.5) is 0 Å². The van der Waals surface area contributed by atoms with Gasteiger partial charge in [-0.1, -0.05) is 167 Å². The number of unbranched alkanes of at least 4 members (excludes halogenated alkanes) is 18. The second-order valence-electron chi connectivity index (χ2n) is 18.5. The van der Waals surface area contributed by atoms with Gasteiger partial charge in [0.25, 0.3) is 0 Å². The Morgan fingerprint density at radius 2 is 1.21 bits per heavy atom. The van der Waals surface area contributed by atoms with Gasteiger partial charge in [0.05, 0.1) is 38.1 Å². The SMILES string of the molecule is CCCCC[C@H](O)/C=C/[C@H]1OC(O)C[C@H](O)[C@@H]1C/C=C\CCCC(=O)O[C@H](COC(=O)CCCCCCCCCCCCCCCCCCC(C)C)COP(=O)(O)OC[C@@H](O)COP(=O)(O)O. The van der Waals surface area contributed by atoms with E-state index in [1.54, 1.807) is 12.2 Å². The van der Waals surface area contributed by atoms with Gasteiger partial charge in [-0.05, 0) is 38.0 Å². The van der Waals surface area contributed by atoms with Gasteiger partial charge in [0.2, 0.25) is 0 Å². The average molecular weight is 1000 g/mol. The van der Waals surface area contributed by atoms with E-state index in [-0.39, 0.29) is 25.2 Å². The Labute approximate surface area is 401 Å². The summed E-state index contributed by atoms with van der Waals surface area (Å²) in [6, 6.07) is 0. The zero-order chi connectivity index (χ0) is 49.8. The van der Waals surface area contributed by atoms with Gasteiger partial charge in [-0.15, -0.1) is 0 Å². The maximum Gasteiger partial charge on any atom is 0.472 e. The summed E-state index contributed by atoms with van der Waals surface area (Å²) >= 11 is 0. The fraction of sp³-hybridized carbons (Fsp3) is 0.875. The van der Waals surface area contributed by atoms with Crippen LogP contribution < -0.4 is 0 Å². The van der Waals surface area contributed by atoms with Crippen molar-refractivity contribution in [1.82, 2.24) is 0 Å². The Hall–Kier alpha value is -1.56. The Morgan fingerprint density at radius 3 is 1.79 bits per heavy atom. The fourth-order valence-corrected chi connectivity index (χ4v) is 8.79. The Bertz CT molecular complexity index is 1410. The molecule has 0 bridgehead atoms. The van der Waals surface area contributed by atoms with Crippen molar-refractivity contribution in [2.24, 2.45) is 11.8 Å². The summed E-state index contributed by atoms with van der Waals surface area (Å²) in [6.45, 7) is 3.71. The number of phosphoric acid groups is 2. The average Bonchev–Trinajstić information content (AvgIpc) is 3.26. The number of phosphoric ester groups is 2. The number of hydrogen-bond acceptors (Lipinski definition) is 14. The molecule has 1 aliphatic rings. The molecule has 0 radical (unpaired) electrons. The van der Waals surface area contributed by atoms with Crippen LogP contribution in [0.5, 0.6) is 0 Å². The van der Waals surface area contributed by atoms with Gasteiger partial charge in [-0.25, -0.2) is 9.13 Å². The first-order valence-corrected chi connectivity index (χ1v) is 28.3. The normalized spacial score (nSPS) is 20.3. The van der Waals surface area contributed by atoms with Crippen LogP contribution in [0.15, 0.2) is 24.3 Å². The maximum atomic E-state index is 12.8. The number of esters is 2. The lowest BCUT2D eigenvalue weighted by atomic mass is 9.87. The van der Waals surface area contributed by atoms with E-state index in [0.717, 1.165) is 44.4 Å². The molecule has 17 nitrogen and oxygen atoms in total. The van der Waals surface area contributed by atoms with Crippen molar-refractivity contribution in [3.8, 4) is 0 Å². The van der Waals surface area contributed by atoms with E-state index in [4.69, 9.17) is 33.0 Å². The molecule has 0 aliphatic carbocycles. The van der Waals surface area contributed by atoms with Crippen LogP contribution >= 0.6 is 15.6 Å². The molecule has 394 valence electrons. The highest BCUT2D eigenvalue weighted by Gasteiger charge is 2.35. The minimum atomic E-state index is -4.90. The minimum Gasteiger partial charge on any atom is -0.462 e. The van der Waals surface area contributed by atoms with Crippen molar-refractivity contribution in [3.05, 3.63) is 24.3 Å². The lowest BCUT2D eigenvalue weighted by Gasteiger charge is -2.36. The summed E-state index contributed by atoms with van der Waals surface area (Å²) in [5, 5.41) is 40.8. The number of carbonyl (C=O) groups is 2. The van der Waals surface area contributed by atoms with Gasteiger partial charge in [-0.2, -0.15) is 0 Å². The van der Waals surface area contributed by atoms with E-state index in [1.807, 2.05) is 12.2 Å². The molecule has 0 spiro atoms.